The number of rotatable bonds is 3. The highest BCUT2D eigenvalue weighted by Crippen LogP contribution is 2.32. The molecule has 0 aromatic heterocycles. The van der Waals surface area contributed by atoms with Crippen LogP contribution in [0.5, 0.6) is 0 Å². The summed E-state index contributed by atoms with van der Waals surface area (Å²) in [7, 11) is 0. The smallest absolute Gasteiger partial charge is 0.407 e. The van der Waals surface area contributed by atoms with Gasteiger partial charge >= 0.3 is 6.09 Å². The number of nitrogens with one attached hydrogen (secondary N) is 2. The summed E-state index contributed by atoms with van der Waals surface area (Å²) in [5.41, 5.74) is 0. The number of hydrogen-bond donors (Lipinski definition) is 2. The number of carbonyl (C=O) groups is 1. The maximum absolute atomic E-state index is 11.6. The van der Waals surface area contributed by atoms with Gasteiger partial charge in [0.1, 0.15) is 0 Å². The Bertz CT molecular complexity index is 268. The van der Waals surface area contributed by atoms with E-state index in [2.05, 4.69) is 10.6 Å². The summed E-state index contributed by atoms with van der Waals surface area (Å²) in [6.45, 7) is 6.87. The van der Waals surface area contributed by atoms with Crippen molar-refractivity contribution in [3.8, 4) is 0 Å². The van der Waals surface area contributed by atoms with Crippen molar-refractivity contribution in [3.05, 3.63) is 0 Å². The van der Waals surface area contributed by atoms with E-state index in [1.165, 1.54) is 6.42 Å². The fourth-order valence-corrected chi connectivity index (χ4v) is 2.88. The van der Waals surface area contributed by atoms with Gasteiger partial charge < -0.3 is 15.4 Å². The Balaban J connectivity index is 1.70. The van der Waals surface area contributed by atoms with Crippen LogP contribution in [0, 0.1) is 17.8 Å². The molecule has 1 unspecified atom stereocenters. The van der Waals surface area contributed by atoms with E-state index in [1.807, 2.05) is 13.8 Å². The number of amides is 1. The van der Waals surface area contributed by atoms with E-state index in [-0.39, 0.29) is 6.09 Å². The first-order chi connectivity index (χ1) is 8.15. The van der Waals surface area contributed by atoms with Crippen LogP contribution in [0.3, 0.4) is 0 Å². The molecule has 0 spiro atoms. The second kappa shape index (κ2) is 5.71. The van der Waals surface area contributed by atoms with Crippen molar-refractivity contribution in [1.29, 1.82) is 0 Å². The maximum atomic E-state index is 11.6. The van der Waals surface area contributed by atoms with E-state index in [1.54, 1.807) is 0 Å². The van der Waals surface area contributed by atoms with Crippen molar-refractivity contribution in [3.63, 3.8) is 0 Å². The molecule has 2 aliphatic rings. The average Bonchev–Trinajstić information content (AvgIpc) is 2.73. The van der Waals surface area contributed by atoms with Gasteiger partial charge in [-0.25, -0.2) is 4.79 Å². The lowest BCUT2D eigenvalue weighted by Gasteiger charge is -2.31. The summed E-state index contributed by atoms with van der Waals surface area (Å²) in [6, 6.07) is 0.316. The Morgan fingerprint density at radius 2 is 2.12 bits per heavy atom. The van der Waals surface area contributed by atoms with Crippen molar-refractivity contribution in [2.75, 3.05) is 19.7 Å². The highest BCUT2D eigenvalue weighted by atomic mass is 16.5. The second-order valence-electron chi connectivity index (χ2n) is 5.83. The third-order valence-electron chi connectivity index (χ3n) is 3.82. The molecular weight excluding hydrogens is 216 g/mol. The zero-order valence-corrected chi connectivity index (χ0v) is 10.9. The van der Waals surface area contributed by atoms with E-state index in [0.29, 0.717) is 18.6 Å². The third kappa shape index (κ3) is 3.60. The molecule has 1 saturated carbocycles. The molecule has 1 aliphatic heterocycles. The van der Waals surface area contributed by atoms with E-state index < -0.39 is 0 Å². The first kappa shape index (κ1) is 12.7. The molecule has 0 aromatic rings. The highest BCUT2D eigenvalue weighted by Gasteiger charge is 2.34. The summed E-state index contributed by atoms with van der Waals surface area (Å²) in [6.07, 6.45) is 3.19. The van der Waals surface area contributed by atoms with E-state index in [0.717, 1.165) is 37.8 Å². The molecule has 98 valence electrons. The Kier molecular flexibility index (Phi) is 4.26. The fourth-order valence-electron chi connectivity index (χ4n) is 2.88. The number of carbonyl (C=O) groups excluding carboxylic acids is 1. The Morgan fingerprint density at radius 1 is 1.35 bits per heavy atom. The van der Waals surface area contributed by atoms with Gasteiger partial charge in [-0.2, -0.15) is 0 Å². The molecule has 1 saturated heterocycles. The van der Waals surface area contributed by atoms with Gasteiger partial charge in [0.15, 0.2) is 0 Å². The molecular formula is C13H24N2O2. The standard InChI is InChI=1S/C13H24N2O2/c1-9(2)8-17-13(16)15-12-4-3-10-6-14-7-11(10)5-12/h9-12,14H,3-8H2,1-2H3,(H,15,16)/t10-,11+,12?/m0/s1. The number of ether oxygens (including phenoxy) is 1. The van der Waals surface area contributed by atoms with Crippen LogP contribution in [0.2, 0.25) is 0 Å². The molecule has 2 rings (SSSR count). The third-order valence-corrected chi connectivity index (χ3v) is 3.82. The van der Waals surface area contributed by atoms with Crippen LogP contribution < -0.4 is 10.6 Å². The molecule has 0 aromatic carbocycles. The molecule has 1 heterocycles. The monoisotopic (exact) mass is 240 g/mol. The molecule has 2 fully saturated rings. The average molecular weight is 240 g/mol. The highest BCUT2D eigenvalue weighted by molar-refractivity contribution is 5.67. The van der Waals surface area contributed by atoms with Gasteiger partial charge in [-0.05, 0) is 50.1 Å². The van der Waals surface area contributed by atoms with E-state index in [4.69, 9.17) is 4.74 Å². The van der Waals surface area contributed by atoms with Crippen LogP contribution >= 0.6 is 0 Å². The SMILES string of the molecule is CC(C)COC(=O)NC1CC[C@H]2CNC[C@H]2C1. The lowest BCUT2D eigenvalue weighted by Crippen LogP contribution is -2.41. The predicted molar refractivity (Wildman–Crippen MR) is 66.8 cm³/mol. The van der Waals surface area contributed by atoms with Crippen LogP contribution in [0.4, 0.5) is 4.79 Å². The summed E-state index contributed by atoms with van der Waals surface area (Å²) < 4.78 is 5.15. The maximum Gasteiger partial charge on any atom is 0.407 e. The van der Waals surface area contributed by atoms with Gasteiger partial charge in [0.2, 0.25) is 0 Å². The van der Waals surface area contributed by atoms with Gasteiger partial charge in [0.25, 0.3) is 0 Å². The van der Waals surface area contributed by atoms with Crippen molar-refractivity contribution >= 4 is 6.09 Å². The molecule has 1 aliphatic carbocycles. The van der Waals surface area contributed by atoms with Crippen molar-refractivity contribution in [2.45, 2.75) is 39.2 Å². The zero-order chi connectivity index (χ0) is 12.3. The second-order valence-corrected chi connectivity index (χ2v) is 5.83. The molecule has 17 heavy (non-hydrogen) atoms. The van der Waals surface area contributed by atoms with Crippen LogP contribution in [0.1, 0.15) is 33.1 Å². The number of fused-ring (bicyclic) bond motifs is 1. The molecule has 0 bridgehead atoms. The Hall–Kier alpha value is -0.770. The number of alkyl carbamates (subject to hydrolysis) is 1. The minimum atomic E-state index is -0.242. The molecule has 4 heteroatoms. The summed E-state index contributed by atoms with van der Waals surface area (Å²) in [5, 5.41) is 6.43. The lowest BCUT2D eigenvalue weighted by atomic mass is 9.79. The summed E-state index contributed by atoms with van der Waals surface area (Å²) in [5.74, 6) is 1.98. The summed E-state index contributed by atoms with van der Waals surface area (Å²) in [4.78, 5) is 11.6. The molecule has 1 amide bonds. The molecule has 2 N–H and O–H groups in total. The van der Waals surface area contributed by atoms with Gasteiger partial charge in [0.05, 0.1) is 6.61 Å². The Labute approximate surface area is 103 Å². The van der Waals surface area contributed by atoms with Crippen LogP contribution in [-0.4, -0.2) is 31.8 Å². The van der Waals surface area contributed by atoms with Crippen molar-refractivity contribution < 1.29 is 9.53 Å². The normalized spacial score (nSPS) is 32.3. The van der Waals surface area contributed by atoms with E-state index >= 15 is 0 Å². The minimum absolute atomic E-state index is 0.242. The van der Waals surface area contributed by atoms with E-state index in [9.17, 15) is 4.79 Å². The first-order valence-corrected chi connectivity index (χ1v) is 6.79. The van der Waals surface area contributed by atoms with Crippen LogP contribution in [0.15, 0.2) is 0 Å². The zero-order valence-electron chi connectivity index (χ0n) is 10.9. The lowest BCUT2D eigenvalue weighted by molar-refractivity contribution is 0.122. The van der Waals surface area contributed by atoms with Gasteiger partial charge in [-0.3, -0.25) is 0 Å². The molecule has 0 radical (unpaired) electrons. The van der Waals surface area contributed by atoms with Gasteiger partial charge in [0, 0.05) is 6.04 Å². The molecule has 4 nitrogen and oxygen atoms in total. The van der Waals surface area contributed by atoms with Crippen molar-refractivity contribution in [1.82, 2.24) is 10.6 Å². The quantitative estimate of drug-likeness (QED) is 0.790. The fraction of sp³-hybridized carbons (Fsp3) is 0.923. The van der Waals surface area contributed by atoms with Crippen LogP contribution in [-0.2, 0) is 4.74 Å². The Morgan fingerprint density at radius 3 is 2.88 bits per heavy atom. The minimum Gasteiger partial charge on any atom is -0.449 e. The van der Waals surface area contributed by atoms with Crippen molar-refractivity contribution in [2.24, 2.45) is 17.8 Å². The topological polar surface area (TPSA) is 50.4 Å². The first-order valence-electron chi connectivity index (χ1n) is 6.79. The number of hydrogen-bond acceptors (Lipinski definition) is 3. The predicted octanol–water partition coefficient (Wildman–Crippen LogP) is 1.76. The summed E-state index contributed by atoms with van der Waals surface area (Å²) >= 11 is 0. The van der Waals surface area contributed by atoms with Crippen LogP contribution in [0.25, 0.3) is 0 Å². The van der Waals surface area contributed by atoms with Gasteiger partial charge in [-0.1, -0.05) is 13.8 Å². The largest absolute Gasteiger partial charge is 0.449 e. The molecule has 3 atom stereocenters. The van der Waals surface area contributed by atoms with Gasteiger partial charge in [-0.15, -0.1) is 0 Å².